The van der Waals surface area contributed by atoms with Gasteiger partial charge in [-0.25, -0.2) is 0 Å². The zero-order valence-electron chi connectivity index (χ0n) is 15.9. The van der Waals surface area contributed by atoms with Gasteiger partial charge in [-0.05, 0) is 22.9 Å². The van der Waals surface area contributed by atoms with E-state index in [9.17, 15) is 9.59 Å². The summed E-state index contributed by atoms with van der Waals surface area (Å²) in [5.41, 5.74) is 2.23. The predicted molar refractivity (Wildman–Crippen MR) is 114 cm³/mol. The standard InChI is InChI=1S/C20H22N4O2S2/c1-12(2)14-6-8-15(9-7-14)19-23-24-20(28-19)22-18(26)11-16(21-13(3)25)17-5-4-10-27-17/h4-10,12,16H,11H2,1-3H3,(H,21,25)(H,22,24,26). The smallest absolute Gasteiger partial charge is 0.228 e. The Hall–Kier alpha value is -2.58. The van der Waals surface area contributed by atoms with Crippen molar-refractivity contribution in [2.24, 2.45) is 0 Å². The number of thiophene rings is 1. The summed E-state index contributed by atoms with van der Waals surface area (Å²) in [6.45, 7) is 5.75. The Labute approximate surface area is 172 Å². The molecule has 0 saturated heterocycles. The van der Waals surface area contributed by atoms with E-state index in [0.29, 0.717) is 11.0 Å². The van der Waals surface area contributed by atoms with Crippen molar-refractivity contribution in [3.63, 3.8) is 0 Å². The zero-order chi connectivity index (χ0) is 20.1. The van der Waals surface area contributed by atoms with E-state index in [1.807, 2.05) is 29.6 Å². The van der Waals surface area contributed by atoms with E-state index in [4.69, 9.17) is 0 Å². The molecule has 2 heterocycles. The third-order valence-corrected chi connectivity index (χ3v) is 6.02. The summed E-state index contributed by atoms with van der Waals surface area (Å²) in [6, 6.07) is 11.7. The van der Waals surface area contributed by atoms with Gasteiger partial charge in [0.1, 0.15) is 5.01 Å². The molecule has 2 amide bonds. The molecule has 2 N–H and O–H groups in total. The molecule has 2 aromatic heterocycles. The van der Waals surface area contributed by atoms with Gasteiger partial charge in [0, 0.05) is 17.4 Å². The van der Waals surface area contributed by atoms with Crippen LogP contribution in [0.4, 0.5) is 5.13 Å². The summed E-state index contributed by atoms with van der Waals surface area (Å²) in [7, 11) is 0. The second-order valence-corrected chi connectivity index (χ2v) is 8.67. The summed E-state index contributed by atoms with van der Waals surface area (Å²) in [5.74, 6) is 0.0810. The first-order valence-corrected chi connectivity index (χ1v) is 10.7. The van der Waals surface area contributed by atoms with E-state index in [0.717, 1.165) is 15.4 Å². The average molecular weight is 415 g/mol. The fourth-order valence-electron chi connectivity index (χ4n) is 2.71. The van der Waals surface area contributed by atoms with Crippen molar-refractivity contribution in [2.75, 3.05) is 5.32 Å². The Kier molecular flexibility index (Phi) is 6.53. The molecule has 1 aromatic carbocycles. The first-order valence-electron chi connectivity index (χ1n) is 8.96. The molecule has 0 radical (unpaired) electrons. The maximum absolute atomic E-state index is 12.4. The van der Waals surface area contributed by atoms with Crippen LogP contribution in [0.25, 0.3) is 10.6 Å². The number of rotatable bonds is 7. The van der Waals surface area contributed by atoms with Gasteiger partial charge in [0.15, 0.2) is 0 Å². The number of hydrogen-bond acceptors (Lipinski definition) is 6. The molecule has 1 unspecified atom stereocenters. The van der Waals surface area contributed by atoms with E-state index in [2.05, 4.69) is 46.8 Å². The maximum Gasteiger partial charge on any atom is 0.228 e. The highest BCUT2D eigenvalue weighted by Gasteiger charge is 2.19. The number of anilines is 1. The second kappa shape index (κ2) is 9.07. The molecule has 0 spiro atoms. The molecule has 1 atom stereocenters. The van der Waals surface area contributed by atoms with Crippen LogP contribution in [0.3, 0.4) is 0 Å². The maximum atomic E-state index is 12.4. The number of carbonyl (C=O) groups is 2. The first kappa shape index (κ1) is 20.2. The van der Waals surface area contributed by atoms with Crippen molar-refractivity contribution in [1.82, 2.24) is 15.5 Å². The number of hydrogen-bond donors (Lipinski definition) is 2. The summed E-state index contributed by atoms with van der Waals surface area (Å²) in [5, 5.41) is 17.0. The van der Waals surface area contributed by atoms with Crippen molar-refractivity contribution in [3.05, 3.63) is 52.2 Å². The number of aromatic nitrogens is 2. The lowest BCUT2D eigenvalue weighted by Crippen LogP contribution is -2.29. The molecule has 146 valence electrons. The number of nitrogens with one attached hydrogen (secondary N) is 2. The summed E-state index contributed by atoms with van der Waals surface area (Å²) in [6.07, 6.45) is 0.137. The number of carbonyl (C=O) groups excluding carboxylic acids is 2. The normalized spacial score (nSPS) is 12.0. The van der Waals surface area contributed by atoms with Crippen LogP contribution in [0.2, 0.25) is 0 Å². The number of amides is 2. The van der Waals surface area contributed by atoms with Gasteiger partial charge in [0.2, 0.25) is 16.9 Å². The molecule has 0 bridgehead atoms. The minimum atomic E-state index is -0.353. The van der Waals surface area contributed by atoms with E-state index in [1.165, 1.54) is 35.2 Å². The lowest BCUT2D eigenvalue weighted by molar-refractivity contribution is -0.120. The van der Waals surface area contributed by atoms with Crippen LogP contribution < -0.4 is 10.6 Å². The van der Waals surface area contributed by atoms with E-state index < -0.39 is 0 Å². The fourth-order valence-corrected chi connectivity index (χ4v) is 4.26. The van der Waals surface area contributed by atoms with Gasteiger partial charge in [-0.1, -0.05) is 55.5 Å². The molecular formula is C20H22N4O2S2. The van der Waals surface area contributed by atoms with Crippen LogP contribution in [-0.4, -0.2) is 22.0 Å². The van der Waals surface area contributed by atoms with Crippen molar-refractivity contribution in [1.29, 1.82) is 0 Å². The molecule has 8 heteroatoms. The molecule has 0 aliphatic rings. The van der Waals surface area contributed by atoms with Crippen molar-refractivity contribution in [2.45, 2.75) is 39.2 Å². The minimum absolute atomic E-state index is 0.137. The number of nitrogens with zero attached hydrogens (tertiary/aromatic N) is 2. The SMILES string of the molecule is CC(=O)NC(CC(=O)Nc1nnc(-c2ccc(C(C)C)cc2)s1)c1cccs1. The fraction of sp³-hybridized carbons (Fsp3) is 0.300. The second-order valence-electron chi connectivity index (χ2n) is 6.71. The molecule has 0 aliphatic carbocycles. The van der Waals surface area contributed by atoms with Crippen LogP contribution in [0.15, 0.2) is 41.8 Å². The van der Waals surface area contributed by atoms with Crippen LogP contribution in [0.1, 0.15) is 49.6 Å². The topological polar surface area (TPSA) is 84.0 Å². The van der Waals surface area contributed by atoms with E-state index in [1.54, 1.807) is 0 Å². The number of benzene rings is 1. The highest BCUT2D eigenvalue weighted by atomic mass is 32.1. The van der Waals surface area contributed by atoms with E-state index in [-0.39, 0.29) is 24.3 Å². The van der Waals surface area contributed by atoms with Gasteiger partial charge >= 0.3 is 0 Å². The highest BCUT2D eigenvalue weighted by molar-refractivity contribution is 7.18. The lowest BCUT2D eigenvalue weighted by atomic mass is 10.0. The van der Waals surface area contributed by atoms with Crippen LogP contribution in [-0.2, 0) is 9.59 Å². The van der Waals surface area contributed by atoms with Crippen molar-refractivity contribution >= 4 is 39.6 Å². The Morgan fingerprint density at radius 3 is 2.46 bits per heavy atom. The van der Waals surface area contributed by atoms with Gasteiger partial charge in [0.05, 0.1) is 12.5 Å². The van der Waals surface area contributed by atoms with E-state index >= 15 is 0 Å². The Morgan fingerprint density at radius 2 is 1.86 bits per heavy atom. The van der Waals surface area contributed by atoms with Gasteiger partial charge in [0.25, 0.3) is 0 Å². The third kappa shape index (κ3) is 5.24. The van der Waals surface area contributed by atoms with Gasteiger partial charge in [-0.2, -0.15) is 0 Å². The quantitative estimate of drug-likeness (QED) is 0.592. The van der Waals surface area contributed by atoms with Gasteiger partial charge < -0.3 is 10.6 Å². The average Bonchev–Trinajstić information content (AvgIpc) is 3.33. The molecule has 6 nitrogen and oxygen atoms in total. The van der Waals surface area contributed by atoms with Crippen LogP contribution in [0, 0.1) is 0 Å². The molecule has 3 aromatic rings. The summed E-state index contributed by atoms with van der Waals surface area (Å²) in [4.78, 5) is 24.8. The minimum Gasteiger partial charge on any atom is -0.348 e. The van der Waals surface area contributed by atoms with Crippen LogP contribution >= 0.6 is 22.7 Å². The highest BCUT2D eigenvalue weighted by Crippen LogP contribution is 2.28. The zero-order valence-corrected chi connectivity index (χ0v) is 17.6. The van der Waals surface area contributed by atoms with Gasteiger partial charge in [-0.3, -0.25) is 9.59 Å². The lowest BCUT2D eigenvalue weighted by Gasteiger charge is -2.15. The Morgan fingerprint density at radius 1 is 1.11 bits per heavy atom. The molecule has 3 rings (SSSR count). The van der Waals surface area contributed by atoms with Crippen molar-refractivity contribution < 1.29 is 9.59 Å². The molecule has 28 heavy (non-hydrogen) atoms. The third-order valence-electron chi connectivity index (χ3n) is 4.15. The van der Waals surface area contributed by atoms with Crippen LogP contribution in [0.5, 0.6) is 0 Å². The Bertz CT molecular complexity index is 934. The van der Waals surface area contributed by atoms with Crippen molar-refractivity contribution in [3.8, 4) is 10.6 Å². The molecule has 0 aliphatic heterocycles. The largest absolute Gasteiger partial charge is 0.348 e. The first-order chi connectivity index (χ1) is 13.4. The molecule has 0 saturated carbocycles. The summed E-state index contributed by atoms with van der Waals surface area (Å²) < 4.78 is 0. The monoisotopic (exact) mass is 414 g/mol. The predicted octanol–water partition coefficient (Wildman–Crippen LogP) is 4.60. The van der Waals surface area contributed by atoms with Gasteiger partial charge in [-0.15, -0.1) is 21.5 Å². The molecular weight excluding hydrogens is 392 g/mol. The summed E-state index contributed by atoms with van der Waals surface area (Å²) >= 11 is 2.83. The Balaban J connectivity index is 1.65. The molecule has 0 fully saturated rings.